The van der Waals surface area contributed by atoms with E-state index >= 15 is 0 Å². The van der Waals surface area contributed by atoms with E-state index in [1.807, 2.05) is 13.0 Å². The summed E-state index contributed by atoms with van der Waals surface area (Å²) in [5.41, 5.74) is 0.885. The average molecular weight is 229 g/mol. The molecule has 1 saturated carbocycles. The number of nitrogens with zero attached hydrogens (tertiary/aromatic N) is 1. The Labute approximate surface area is 103 Å². The van der Waals surface area contributed by atoms with Crippen LogP contribution in [0, 0.1) is 11.3 Å². The first-order valence-corrected chi connectivity index (χ1v) is 6.40. The van der Waals surface area contributed by atoms with Gasteiger partial charge in [0.15, 0.2) is 5.60 Å². The van der Waals surface area contributed by atoms with E-state index < -0.39 is 5.60 Å². The minimum absolute atomic E-state index is 0.514. The van der Waals surface area contributed by atoms with Gasteiger partial charge in [0.1, 0.15) is 0 Å². The lowest BCUT2D eigenvalue weighted by atomic mass is 9.76. The van der Waals surface area contributed by atoms with E-state index in [1.54, 1.807) is 0 Å². The monoisotopic (exact) mass is 229 g/mol. The van der Waals surface area contributed by atoms with Crippen molar-refractivity contribution in [2.75, 3.05) is 6.61 Å². The number of hydrogen-bond donors (Lipinski definition) is 0. The Kier molecular flexibility index (Phi) is 3.81. The third-order valence-electron chi connectivity index (χ3n) is 3.69. The van der Waals surface area contributed by atoms with Crippen LogP contribution in [0.1, 0.15) is 44.1 Å². The fourth-order valence-corrected chi connectivity index (χ4v) is 2.71. The molecule has 0 radical (unpaired) electrons. The highest BCUT2D eigenvalue weighted by molar-refractivity contribution is 5.21. The summed E-state index contributed by atoms with van der Waals surface area (Å²) < 4.78 is 5.64. The van der Waals surface area contributed by atoms with E-state index in [0.29, 0.717) is 12.5 Å². The molecule has 1 fully saturated rings. The van der Waals surface area contributed by atoms with Crippen molar-refractivity contribution in [1.82, 2.24) is 0 Å². The van der Waals surface area contributed by atoms with Gasteiger partial charge in [0.2, 0.25) is 0 Å². The number of rotatable bonds is 3. The fraction of sp³-hybridized carbons (Fsp3) is 0.533. The lowest BCUT2D eigenvalue weighted by molar-refractivity contribution is -0.0242. The Bertz CT molecular complexity index is 385. The summed E-state index contributed by atoms with van der Waals surface area (Å²) in [6.07, 6.45) is 3.82. The molecule has 0 bridgehead atoms. The zero-order valence-corrected chi connectivity index (χ0v) is 10.4. The van der Waals surface area contributed by atoms with E-state index in [0.717, 1.165) is 25.7 Å². The Morgan fingerprint density at radius 2 is 1.94 bits per heavy atom. The van der Waals surface area contributed by atoms with Crippen LogP contribution in [-0.4, -0.2) is 12.2 Å². The Balaban J connectivity index is 2.01. The second-order valence-corrected chi connectivity index (χ2v) is 4.72. The quantitative estimate of drug-likeness (QED) is 0.792. The third kappa shape index (κ3) is 2.68. The highest BCUT2D eigenvalue weighted by Crippen LogP contribution is 2.39. The predicted octanol–water partition coefficient (Wildman–Crippen LogP) is 3.64. The zero-order valence-electron chi connectivity index (χ0n) is 10.4. The molecule has 0 saturated heterocycles. The summed E-state index contributed by atoms with van der Waals surface area (Å²) in [4.78, 5) is 0. The van der Waals surface area contributed by atoms with Crippen LogP contribution in [0.5, 0.6) is 0 Å². The Morgan fingerprint density at radius 3 is 2.47 bits per heavy atom. The molecule has 0 heterocycles. The van der Waals surface area contributed by atoms with Crippen LogP contribution in [0.25, 0.3) is 0 Å². The molecule has 1 aromatic carbocycles. The molecule has 1 aliphatic carbocycles. The Hall–Kier alpha value is -1.33. The van der Waals surface area contributed by atoms with E-state index in [1.165, 1.54) is 5.56 Å². The minimum Gasteiger partial charge on any atom is -0.360 e. The summed E-state index contributed by atoms with van der Waals surface area (Å²) in [6, 6.07) is 13.0. The second-order valence-electron chi connectivity index (χ2n) is 4.72. The van der Waals surface area contributed by atoms with Crippen LogP contribution in [-0.2, 0) is 4.74 Å². The normalized spacial score (nSPS) is 28.6. The van der Waals surface area contributed by atoms with Crippen LogP contribution >= 0.6 is 0 Å². The maximum Gasteiger partial charge on any atom is 0.154 e. The van der Waals surface area contributed by atoms with Crippen molar-refractivity contribution in [1.29, 1.82) is 5.26 Å². The van der Waals surface area contributed by atoms with Gasteiger partial charge in [-0.15, -0.1) is 0 Å². The maximum atomic E-state index is 9.25. The molecule has 0 atom stereocenters. The van der Waals surface area contributed by atoms with Crippen LogP contribution in [0.3, 0.4) is 0 Å². The van der Waals surface area contributed by atoms with E-state index in [9.17, 15) is 5.26 Å². The summed E-state index contributed by atoms with van der Waals surface area (Å²) >= 11 is 0. The van der Waals surface area contributed by atoms with Crippen molar-refractivity contribution in [2.45, 2.75) is 44.1 Å². The highest BCUT2D eigenvalue weighted by Gasteiger charge is 2.36. The summed E-state index contributed by atoms with van der Waals surface area (Å²) in [5.74, 6) is 0.595. The molecule has 0 spiro atoms. The fourth-order valence-electron chi connectivity index (χ4n) is 2.71. The third-order valence-corrected chi connectivity index (χ3v) is 3.69. The van der Waals surface area contributed by atoms with Crippen molar-refractivity contribution in [3.63, 3.8) is 0 Å². The van der Waals surface area contributed by atoms with Crippen LogP contribution in [0.4, 0.5) is 0 Å². The molecule has 0 N–H and O–H groups in total. The summed E-state index contributed by atoms with van der Waals surface area (Å²) in [6.45, 7) is 2.59. The first-order chi connectivity index (χ1) is 8.29. The molecule has 1 aromatic rings. The van der Waals surface area contributed by atoms with Gasteiger partial charge in [-0.1, -0.05) is 30.3 Å². The highest BCUT2D eigenvalue weighted by atomic mass is 16.5. The van der Waals surface area contributed by atoms with Gasteiger partial charge in [-0.2, -0.15) is 5.26 Å². The van der Waals surface area contributed by atoms with Crippen molar-refractivity contribution in [3.8, 4) is 6.07 Å². The minimum atomic E-state index is -0.514. The van der Waals surface area contributed by atoms with Crippen LogP contribution < -0.4 is 0 Å². The van der Waals surface area contributed by atoms with Crippen molar-refractivity contribution in [2.24, 2.45) is 0 Å². The van der Waals surface area contributed by atoms with Gasteiger partial charge in [0.25, 0.3) is 0 Å². The van der Waals surface area contributed by atoms with E-state index in [4.69, 9.17) is 4.74 Å². The van der Waals surface area contributed by atoms with Gasteiger partial charge in [0, 0.05) is 6.61 Å². The molecule has 0 aromatic heterocycles. The lowest BCUT2D eigenvalue weighted by Gasteiger charge is -2.34. The van der Waals surface area contributed by atoms with Gasteiger partial charge < -0.3 is 4.74 Å². The number of ether oxygens (including phenoxy) is 1. The zero-order chi connectivity index (χ0) is 12.1. The molecular weight excluding hydrogens is 210 g/mol. The summed E-state index contributed by atoms with van der Waals surface area (Å²) in [7, 11) is 0. The number of hydrogen-bond acceptors (Lipinski definition) is 2. The topological polar surface area (TPSA) is 33.0 Å². The maximum absolute atomic E-state index is 9.25. The summed E-state index contributed by atoms with van der Waals surface area (Å²) in [5, 5.41) is 9.25. The smallest absolute Gasteiger partial charge is 0.154 e. The van der Waals surface area contributed by atoms with E-state index in [2.05, 4.69) is 30.3 Å². The molecule has 2 rings (SSSR count). The largest absolute Gasteiger partial charge is 0.360 e. The molecule has 90 valence electrons. The van der Waals surface area contributed by atoms with Gasteiger partial charge in [0.05, 0.1) is 6.07 Å². The van der Waals surface area contributed by atoms with Gasteiger partial charge >= 0.3 is 0 Å². The lowest BCUT2D eigenvalue weighted by Crippen LogP contribution is -2.35. The van der Waals surface area contributed by atoms with E-state index in [-0.39, 0.29) is 0 Å². The average Bonchev–Trinajstić information content (AvgIpc) is 2.41. The second kappa shape index (κ2) is 5.33. The van der Waals surface area contributed by atoms with Gasteiger partial charge in [-0.3, -0.25) is 0 Å². The number of nitriles is 1. The SMILES string of the molecule is CCOC1(C#N)CCC(c2ccccc2)CC1. The Morgan fingerprint density at radius 1 is 1.29 bits per heavy atom. The molecule has 0 unspecified atom stereocenters. The van der Waals surface area contributed by atoms with Crippen LogP contribution in [0.15, 0.2) is 30.3 Å². The standard InChI is InChI=1S/C15H19NO/c1-2-17-15(12-16)10-8-14(9-11-15)13-6-4-3-5-7-13/h3-7,14H,2,8-11H2,1H3. The first kappa shape index (κ1) is 12.1. The predicted molar refractivity (Wildman–Crippen MR) is 67.6 cm³/mol. The molecule has 2 nitrogen and oxygen atoms in total. The molecule has 2 heteroatoms. The molecular formula is C15H19NO. The van der Waals surface area contributed by atoms with Crippen LogP contribution in [0.2, 0.25) is 0 Å². The molecule has 17 heavy (non-hydrogen) atoms. The van der Waals surface area contributed by atoms with Gasteiger partial charge in [-0.25, -0.2) is 0 Å². The molecule has 0 aliphatic heterocycles. The molecule has 0 amide bonds. The van der Waals surface area contributed by atoms with Crippen molar-refractivity contribution >= 4 is 0 Å². The molecule has 1 aliphatic rings. The van der Waals surface area contributed by atoms with Crippen molar-refractivity contribution < 1.29 is 4.74 Å². The first-order valence-electron chi connectivity index (χ1n) is 6.40. The van der Waals surface area contributed by atoms with Gasteiger partial charge in [-0.05, 0) is 44.1 Å². The number of benzene rings is 1. The van der Waals surface area contributed by atoms with Crippen molar-refractivity contribution in [3.05, 3.63) is 35.9 Å².